The molecule has 1 heterocycles. The third kappa shape index (κ3) is 5.28. The first-order valence-electron chi connectivity index (χ1n) is 12.9. The van der Waals surface area contributed by atoms with E-state index in [4.69, 9.17) is 4.74 Å². The van der Waals surface area contributed by atoms with Crippen LogP contribution >= 0.6 is 0 Å². The van der Waals surface area contributed by atoms with Crippen LogP contribution in [-0.4, -0.2) is 29.6 Å². The Hall–Kier alpha value is -4.63. The highest BCUT2D eigenvalue weighted by Gasteiger charge is 2.51. The number of amides is 1. The number of nitrogens with zero attached hydrogens (tertiary/aromatic N) is 1. The minimum atomic E-state index is -1.62. The van der Waals surface area contributed by atoms with Gasteiger partial charge in [0.25, 0.3) is 0 Å². The number of benzene rings is 4. The predicted octanol–water partition coefficient (Wildman–Crippen LogP) is 5.63. The third-order valence-electron chi connectivity index (χ3n) is 7.16. The van der Waals surface area contributed by atoms with Crippen molar-refractivity contribution >= 4 is 17.6 Å². The second-order valence-corrected chi connectivity index (χ2v) is 10.0. The zero-order chi connectivity index (χ0) is 29.3. The van der Waals surface area contributed by atoms with Crippen LogP contribution in [-0.2, 0) is 21.7 Å². The smallest absolute Gasteiger partial charge is 0.347 e. The van der Waals surface area contributed by atoms with Crippen LogP contribution in [0.15, 0.2) is 84.9 Å². The Bertz CT molecular complexity index is 1590. The fraction of sp³-hybridized carbons (Fsp3) is 0.188. The lowest BCUT2D eigenvalue weighted by Crippen LogP contribution is -2.58. The molecule has 6 nitrogen and oxygen atoms in total. The van der Waals surface area contributed by atoms with Gasteiger partial charge in [-0.15, -0.1) is 0 Å². The van der Waals surface area contributed by atoms with Crippen LogP contribution in [0.25, 0.3) is 0 Å². The first-order chi connectivity index (χ1) is 19.6. The maximum atomic E-state index is 14.7. The molecule has 5 rings (SSSR count). The molecule has 2 N–H and O–H groups in total. The fourth-order valence-electron chi connectivity index (χ4n) is 5.44. The van der Waals surface area contributed by atoms with E-state index in [1.807, 2.05) is 19.9 Å². The zero-order valence-electron chi connectivity index (χ0n) is 22.3. The van der Waals surface area contributed by atoms with Crippen molar-refractivity contribution < 1.29 is 32.6 Å². The van der Waals surface area contributed by atoms with Gasteiger partial charge in [-0.25, -0.2) is 18.0 Å². The van der Waals surface area contributed by atoms with Crippen molar-refractivity contribution in [3.05, 3.63) is 130 Å². The predicted molar refractivity (Wildman–Crippen MR) is 147 cm³/mol. The van der Waals surface area contributed by atoms with Crippen molar-refractivity contribution in [2.24, 2.45) is 0 Å². The zero-order valence-corrected chi connectivity index (χ0v) is 22.3. The van der Waals surface area contributed by atoms with Gasteiger partial charge in [-0.3, -0.25) is 10.1 Å². The van der Waals surface area contributed by atoms with E-state index in [1.54, 1.807) is 66.7 Å². The van der Waals surface area contributed by atoms with Crippen molar-refractivity contribution in [1.29, 1.82) is 0 Å². The second kappa shape index (κ2) is 11.1. The lowest BCUT2D eigenvalue weighted by atomic mass is 9.77. The third-order valence-corrected chi connectivity index (χ3v) is 7.16. The molecule has 0 fully saturated rings. The van der Waals surface area contributed by atoms with Gasteiger partial charge in [0.1, 0.15) is 28.7 Å². The van der Waals surface area contributed by atoms with Crippen LogP contribution in [0.2, 0.25) is 0 Å². The van der Waals surface area contributed by atoms with Gasteiger partial charge >= 0.3 is 5.97 Å². The van der Waals surface area contributed by atoms with Crippen molar-refractivity contribution in [3.8, 4) is 5.75 Å². The maximum absolute atomic E-state index is 14.7. The number of aliphatic carboxylic acids is 1. The van der Waals surface area contributed by atoms with Crippen LogP contribution in [0.3, 0.4) is 0 Å². The van der Waals surface area contributed by atoms with Gasteiger partial charge in [-0.2, -0.15) is 0 Å². The minimum Gasteiger partial charge on any atom is -0.478 e. The van der Waals surface area contributed by atoms with Gasteiger partial charge in [0.2, 0.25) is 12.0 Å². The molecule has 0 saturated carbocycles. The van der Waals surface area contributed by atoms with Crippen LogP contribution in [0.1, 0.15) is 27.8 Å². The number of carboxylic acid groups (broad SMARTS) is 1. The van der Waals surface area contributed by atoms with E-state index in [2.05, 4.69) is 5.32 Å². The average molecular weight is 561 g/mol. The van der Waals surface area contributed by atoms with Gasteiger partial charge < -0.3 is 14.7 Å². The Morgan fingerprint density at radius 1 is 0.951 bits per heavy atom. The molecule has 2 atom stereocenters. The molecule has 0 radical (unpaired) electrons. The van der Waals surface area contributed by atoms with E-state index in [1.165, 1.54) is 4.90 Å². The standard InChI is InChI=1S/C32H27F3N2O4/c1-19-12-20(2)14-23(13-19)41-30(31(39)40)32(21-8-4-3-5-9-21)25-10-6-7-11-28(25)37(29(38)17-36-32)18-24-26(34)15-22(33)16-27(24)35/h3-16,30,36H,17-18H2,1-2H3,(H,39,40)/t30-,32+/m1/s1. The summed E-state index contributed by atoms with van der Waals surface area (Å²) >= 11 is 0. The number of aryl methyl sites for hydroxylation is 2. The number of hydrogen-bond donors (Lipinski definition) is 2. The van der Waals surface area contributed by atoms with Gasteiger partial charge in [-0.1, -0.05) is 54.6 Å². The molecule has 1 aliphatic heterocycles. The highest BCUT2D eigenvalue weighted by Crippen LogP contribution is 2.43. The number of para-hydroxylation sites is 1. The van der Waals surface area contributed by atoms with E-state index < -0.39 is 59.6 Å². The van der Waals surface area contributed by atoms with Crippen LogP contribution < -0.4 is 15.0 Å². The molecule has 1 aliphatic rings. The number of anilines is 1. The Balaban J connectivity index is 1.73. The van der Waals surface area contributed by atoms with E-state index in [-0.39, 0.29) is 5.69 Å². The summed E-state index contributed by atoms with van der Waals surface area (Å²) in [6.07, 6.45) is -1.58. The number of halogens is 3. The van der Waals surface area contributed by atoms with E-state index in [0.29, 0.717) is 29.0 Å². The number of carbonyl (C=O) groups excluding carboxylic acids is 1. The van der Waals surface area contributed by atoms with Gasteiger partial charge in [0.15, 0.2) is 0 Å². The van der Waals surface area contributed by atoms with E-state index >= 15 is 0 Å². The quantitative estimate of drug-likeness (QED) is 0.306. The first kappa shape index (κ1) is 27.9. The second-order valence-electron chi connectivity index (χ2n) is 10.0. The summed E-state index contributed by atoms with van der Waals surface area (Å²) in [7, 11) is 0. The first-order valence-corrected chi connectivity index (χ1v) is 12.9. The van der Waals surface area contributed by atoms with Gasteiger partial charge in [0.05, 0.1) is 13.1 Å². The topological polar surface area (TPSA) is 78.9 Å². The Morgan fingerprint density at radius 3 is 2.20 bits per heavy atom. The maximum Gasteiger partial charge on any atom is 0.347 e. The molecule has 1 amide bonds. The normalized spacial score (nSPS) is 17.5. The molecule has 210 valence electrons. The summed E-state index contributed by atoms with van der Waals surface area (Å²) < 4.78 is 49.2. The molecular weight excluding hydrogens is 533 g/mol. The number of fused-ring (bicyclic) bond motifs is 1. The average Bonchev–Trinajstić information content (AvgIpc) is 3.04. The summed E-state index contributed by atoms with van der Waals surface area (Å²) in [5.74, 6) is -4.90. The molecule has 41 heavy (non-hydrogen) atoms. The van der Waals surface area contributed by atoms with Gasteiger partial charge in [-0.05, 0) is 48.7 Å². The Morgan fingerprint density at radius 2 is 1.56 bits per heavy atom. The van der Waals surface area contributed by atoms with Crippen LogP contribution in [0.4, 0.5) is 18.9 Å². The monoisotopic (exact) mass is 560 g/mol. The van der Waals surface area contributed by atoms with Crippen molar-refractivity contribution in [2.45, 2.75) is 32.0 Å². The van der Waals surface area contributed by atoms with Crippen molar-refractivity contribution in [1.82, 2.24) is 5.32 Å². The molecule has 0 unspecified atom stereocenters. The summed E-state index contributed by atoms with van der Waals surface area (Å²) in [6.45, 7) is 2.79. The molecule has 0 aromatic heterocycles. The summed E-state index contributed by atoms with van der Waals surface area (Å²) in [4.78, 5) is 27.8. The minimum absolute atomic E-state index is 0.227. The number of ether oxygens (including phenoxy) is 1. The lowest BCUT2D eigenvalue weighted by Gasteiger charge is -2.40. The number of nitrogens with one attached hydrogen (secondary N) is 1. The van der Waals surface area contributed by atoms with Crippen LogP contribution in [0, 0.1) is 31.3 Å². The van der Waals surface area contributed by atoms with Gasteiger partial charge in [0, 0.05) is 28.9 Å². The number of carboxylic acids is 1. The van der Waals surface area contributed by atoms with E-state index in [0.717, 1.165) is 11.1 Å². The Kier molecular flexibility index (Phi) is 7.55. The van der Waals surface area contributed by atoms with Crippen LogP contribution in [0.5, 0.6) is 5.75 Å². The largest absolute Gasteiger partial charge is 0.478 e. The molecule has 4 aromatic carbocycles. The molecule has 0 bridgehead atoms. The molecule has 0 spiro atoms. The Labute approximate surface area is 235 Å². The highest BCUT2D eigenvalue weighted by atomic mass is 19.1. The van der Waals surface area contributed by atoms with E-state index in [9.17, 15) is 27.9 Å². The number of rotatable bonds is 7. The summed E-state index contributed by atoms with van der Waals surface area (Å²) in [6, 6.07) is 21.7. The lowest BCUT2D eigenvalue weighted by molar-refractivity contribution is -0.149. The summed E-state index contributed by atoms with van der Waals surface area (Å²) in [5, 5.41) is 13.8. The number of hydrogen-bond acceptors (Lipinski definition) is 4. The molecule has 0 saturated heterocycles. The van der Waals surface area contributed by atoms with Crippen molar-refractivity contribution in [2.75, 3.05) is 11.4 Å². The molecular formula is C32H27F3N2O4. The molecule has 4 aromatic rings. The highest BCUT2D eigenvalue weighted by molar-refractivity contribution is 5.97. The summed E-state index contributed by atoms with van der Waals surface area (Å²) in [5.41, 5.74) is 0.697. The molecule has 9 heteroatoms. The SMILES string of the molecule is Cc1cc(C)cc(O[C@H](C(=O)O)[C@@]2(c3ccccc3)NCC(=O)N(Cc3c(F)cc(F)cc3F)c3ccccc32)c1. The molecule has 0 aliphatic carbocycles. The fourth-order valence-corrected chi connectivity index (χ4v) is 5.44. The van der Waals surface area contributed by atoms with Crippen molar-refractivity contribution in [3.63, 3.8) is 0 Å². The number of carbonyl (C=O) groups is 2.